The molecule has 0 radical (unpaired) electrons. The number of nitrogens with zero attached hydrogens (tertiary/aromatic N) is 3. The Hall–Kier alpha value is -3.41. The molecule has 1 amide bonds. The first-order valence-electron chi connectivity index (χ1n) is 9.59. The lowest BCUT2D eigenvalue weighted by Crippen LogP contribution is -2.26. The van der Waals surface area contributed by atoms with Crippen LogP contribution in [0, 0.1) is 19.7 Å². The second kappa shape index (κ2) is 7.54. The van der Waals surface area contributed by atoms with Crippen LogP contribution in [0.1, 0.15) is 27.6 Å². The fourth-order valence-corrected chi connectivity index (χ4v) is 3.80. The second-order valence-electron chi connectivity index (χ2n) is 7.18. The van der Waals surface area contributed by atoms with E-state index in [0.717, 1.165) is 28.4 Å². The Morgan fingerprint density at radius 3 is 2.62 bits per heavy atom. The topological polar surface area (TPSA) is 51.9 Å². The molecule has 4 aromatic rings. The monoisotopic (exact) mass is 390 g/mol. The lowest BCUT2D eigenvalue weighted by Gasteiger charge is -2.10. The number of benzene rings is 2. The molecule has 0 atom stereocenters. The summed E-state index contributed by atoms with van der Waals surface area (Å²) in [6.07, 6.45) is 0.565. The van der Waals surface area contributed by atoms with Gasteiger partial charge in [-0.15, -0.1) is 0 Å². The SMILES string of the molecule is Cc1cc(C(=O)NCCc2nc3cc(F)ccc3n2C)c(C)n1-c1ccccc1. The predicted molar refractivity (Wildman–Crippen MR) is 112 cm³/mol. The van der Waals surface area contributed by atoms with E-state index in [1.807, 2.05) is 61.9 Å². The van der Waals surface area contributed by atoms with Gasteiger partial charge in [0.25, 0.3) is 5.91 Å². The summed E-state index contributed by atoms with van der Waals surface area (Å²) in [4.78, 5) is 17.2. The predicted octanol–water partition coefficient (Wildman–Crippen LogP) is 4.09. The number of rotatable bonds is 5. The molecule has 0 fully saturated rings. The number of aromatic nitrogens is 3. The van der Waals surface area contributed by atoms with Crippen molar-refractivity contribution < 1.29 is 9.18 Å². The molecule has 1 N–H and O–H groups in total. The zero-order valence-corrected chi connectivity index (χ0v) is 16.7. The third-order valence-corrected chi connectivity index (χ3v) is 5.26. The zero-order valence-electron chi connectivity index (χ0n) is 16.7. The first-order chi connectivity index (χ1) is 14.0. The van der Waals surface area contributed by atoms with Gasteiger partial charge in [0, 0.05) is 43.2 Å². The maximum absolute atomic E-state index is 13.4. The standard InChI is InChI=1S/C23H23FN4O/c1-15-13-19(16(2)28(15)18-7-5-4-6-8-18)23(29)25-12-11-22-26-20-14-17(24)9-10-21(20)27(22)3/h4-10,13-14H,11-12H2,1-3H3,(H,25,29). The first-order valence-corrected chi connectivity index (χ1v) is 9.59. The van der Waals surface area contributed by atoms with Gasteiger partial charge >= 0.3 is 0 Å². The van der Waals surface area contributed by atoms with Crippen LogP contribution in [0.25, 0.3) is 16.7 Å². The van der Waals surface area contributed by atoms with E-state index in [2.05, 4.69) is 14.9 Å². The molecule has 6 heteroatoms. The average Bonchev–Trinajstić information content (AvgIpc) is 3.18. The molecule has 0 spiro atoms. The summed E-state index contributed by atoms with van der Waals surface area (Å²) in [5.41, 5.74) is 5.12. The molecule has 0 aliphatic carbocycles. The lowest BCUT2D eigenvalue weighted by molar-refractivity contribution is 0.0953. The van der Waals surface area contributed by atoms with Crippen LogP contribution in [-0.2, 0) is 13.5 Å². The van der Waals surface area contributed by atoms with Crippen LogP contribution in [0.3, 0.4) is 0 Å². The summed E-state index contributed by atoms with van der Waals surface area (Å²) >= 11 is 0. The number of para-hydroxylation sites is 1. The van der Waals surface area contributed by atoms with Gasteiger partial charge in [-0.2, -0.15) is 0 Å². The van der Waals surface area contributed by atoms with E-state index in [1.54, 1.807) is 6.07 Å². The molecule has 0 unspecified atom stereocenters. The van der Waals surface area contributed by atoms with Crippen LogP contribution in [0.5, 0.6) is 0 Å². The van der Waals surface area contributed by atoms with Gasteiger partial charge in [-0.3, -0.25) is 4.79 Å². The van der Waals surface area contributed by atoms with Crippen molar-refractivity contribution in [2.45, 2.75) is 20.3 Å². The Morgan fingerprint density at radius 2 is 1.86 bits per heavy atom. The molecule has 2 heterocycles. The molecule has 0 saturated heterocycles. The minimum atomic E-state index is -0.302. The van der Waals surface area contributed by atoms with Crippen LogP contribution in [0.15, 0.2) is 54.6 Å². The molecule has 4 rings (SSSR count). The van der Waals surface area contributed by atoms with Gasteiger partial charge in [0.05, 0.1) is 16.6 Å². The third kappa shape index (κ3) is 3.53. The lowest BCUT2D eigenvalue weighted by atomic mass is 10.2. The van der Waals surface area contributed by atoms with Crippen LogP contribution < -0.4 is 5.32 Å². The van der Waals surface area contributed by atoms with Gasteiger partial charge in [0.1, 0.15) is 11.6 Å². The van der Waals surface area contributed by atoms with Crippen molar-refractivity contribution in [1.29, 1.82) is 0 Å². The zero-order chi connectivity index (χ0) is 20.5. The Morgan fingerprint density at radius 1 is 1.10 bits per heavy atom. The molecule has 2 aromatic heterocycles. The normalized spacial score (nSPS) is 11.2. The van der Waals surface area contributed by atoms with Crippen molar-refractivity contribution in [2.75, 3.05) is 6.54 Å². The van der Waals surface area contributed by atoms with E-state index in [-0.39, 0.29) is 11.7 Å². The summed E-state index contributed by atoms with van der Waals surface area (Å²) in [6, 6.07) is 16.5. The Balaban J connectivity index is 1.48. The largest absolute Gasteiger partial charge is 0.352 e. The highest BCUT2D eigenvalue weighted by atomic mass is 19.1. The van der Waals surface area contributed by atoms with Crippen molar-refractivity contribution in [2.24, 2.45) is 7.05 Å². The average molecular weight is 390 g/mol. The highest BCUT2D eigenvalue weighted by Gasteiger charge is 2.17. The van der Waals surface area contributed by atoms with Crippen LogP contribution in [0.2, 0.25) is 0 Å². The molecule has 0 saturated carbocycles. The van der Waals surface area contributed by atoms with Gasteiger partial charge in [0.2, 0.25) is 0 Å². The minimum Gasteiger partial charge on any atom is -0.352 e. The number of imidazole rings is 1. The van der Waals surface area contributed by atoms with Crippen molar-refractivity contribution in [1.82, 2.24) is 19.4 Å². The summed E-state index contributed by atoms with van der Waals surface area (Å²) in [5.74, 6) is 0.398. The summed E-state index contributed by atoms with van der Waals surface area (Å²) in [5, 5.41) is 2.98. The summed E-state index contributed by atoms with van der Waals surface area (Å²) in [6.45, 7) is 4.40. The van der Waals surface area contributed by atoms with E-state index < -0.39 is 0 Å². The van der Waals surface area contributed by atoms with Crippen molar-refractivity contribution >= 4 is 16.9 Å². The fraction of sp³-hybridized carbons (Fsp3) is 0.217. The Kier molecular flexibility index (Phi) is 4.92. The van der Waals surface area contributed by atoms with Crippen LogP contribution >= 0.6 is 0 Å². The van der Waals surface area contributed by atoms with E-state index in [4.69, 9.17) is 0 Å². The first kappa shape index (κ1) is 18.9. The van der Waals surface area contributed by atoms with Gasteiger partial charge in [-0.1, -0.05) is 18.2 Å². The second-order valence-corrected chi connectivity index (χ2v) is 7.18. The number of carbonyl (C=O) groups is 1. The van der Waals surface area contributed by atoms with Gasteiger partial charge in [0.15, 0.2) is 0 Å². The molecule has 0 aliphatic rings. The quantitative estimate of drug-likeness (QED) is 0.558. The number of halogens is 1. The summed E-state index contributed by atoms with van der Waals surface area (Å²) < 4.78 is 17.4. The smallest absolute Gasteiger partial charge is 0.253 e. The molecule has 2 aromatic carbocycles. The van der Waals surface area contributed by atoms with E-state index in [0.29, 0.717) is 24.0 Å². The minimum absolute atomic E-state index is 0.106. The molecule has 29 heavy (non-hydrogen) atoms. The summed E-state index contributed by atoms with van der Waals surface area (Å²) in [7, 11) is 1.90. The van der Waals surface area contributed by atoms with Crippen molar-refractivity contribution in [3.8, 4) is 5.69 Å². The van der Waals surface area contributed by atoms with Crippen molar-refractivity contribution in [3.05, 3.63) is 83.2 Å². The van der Waals surface area contributed by atoms with E-state index in [1.165, 1.54) is 12.1 Å². The van der Waals surface area contributed by atoms with E-state index in [9.17, 15) is 9.18 Å². The highest BCUT2D eigenvalue weighted by molar-refractivity contribution is 5.95. The highest BCUT2D eigenvalue weighted by Crippen LogP contribution is 2.21. The number of aryl methyl sites for hydroxylation is 2. The maximum Gasteiger partial charge on any atom is 0.253 e. The number of hydrogen-bond donors (Lipinski definition) is 1. The number of carbonyl (C=O) groups excluding carboxylic acids is 1. The molecule has 0 aliphatic heterocycles. The number of nitrogens with one attached hydrogen (secondary N) is 1. The fourth-order valence-electron chi connectivity index (χ4n) is 3.80. The van der Waals surface area contributed by atoms with Crippen LogP contribution in [-0.4, -0.2) is 26.6 Å². The molecule has 0 bridgehead atoms. The Bertz CT molecular complexity index is 1190. The molecular formula is C23H23FN4O. The molecule has 5 nitrogen and oxygen atoms in total. The number of amides is 1. The molecular weight excluding hydrogens is 367 g/mol. The van der Waals surface area contributed by atoms with Gasteiger partial charge in [-0.05, 0) is 44.2 Å². The van der Waals surface area contributed by atoms with Crippen LogP contribution in [0.4, 0.5) is 4.39 Å². The van der Waals surface area contributed by atoms with Gasteiger partial charge < -0.3 is 14.5 Å². The maximum atomic E-state index is 13.4. The van der Waals surface area contributed by atoms with Crippen molar-refractivity contribution in [3.63, 3.8) is 0 Å². The Labute approximate surface area is 168 Å². The molecule has 148 valence electrons. The third-order valence-electron chi connectivity index (χ3n) is 5.26. The number of fused-ring (bicyclic) bond motifs is 1. The number of hydrogen-bond acceptors (Lipinski definition) is 2. The van der Waals surface area contributed by atoms with Gasteiger partial charge in [-0.25, -0.2) is 9.37 Å². The van der Waals surface area contributed by atoms with E-state index >= 15 is 0 Å².